The Kier molecular flexibility index (Phi) is 9.16. The van der Waals surface area contributed by atoms with Crippen LogP contribution in [0, 0.1) is 0 Å². The Hall–Kier alpha value is -3.03. The van der Waals surface area contributed by atoms with Crippen molar-refractivity contribution in [3.8, 4) is 0 Å². The number of carboxylic acid groups (broad SMARTS) is 2. The molecule has 0 radical (unpaired) electrons. The predicted octanol–water partition coefficient (Wildman–Crippen LogP) is 1.20. The molecule has 0 spiro atoms. The Morgan fingerprint density at radius 2 is 2.00 bits per heavy atom. The maximum Gasteiger partial charge on any atom is 0.471 e. The second-order valence-corrected chi connectivity index (χ2v) is 10.8. The molecular weight excluding hydrogens is 603 g/mol. The number of thioether (sulfide) groups is 2. The van der Waals surface area contributed by atoms with Crippen molar-refractivity contribution in [1.82, 2.24) is 15.2 Å². The summed E-state index contributed by atoms with van der Waals surface area (Å²) in [5.74, 6) is -6.44. The number of thiazole rings is 1. The van der Waals surface area contributed by atoms with Crippen LogP contribution >= 0.6 is 46.5 Å². The number of hydrogen-bond donors (Lipinski definition) is 4. The van der Waals surface area contributed by atoms with Gasteiger partial charge < -0.3 is 20.4 Å². The van der Waals surface area contributed by atoms with Gasteiger partial charge in [0, 0.05) is 11.5 Å². The first-order valence-electron chi connectivity index (χ1n) is 9.92. The van der Waals surface area contributed by atoms with Crippen LogP contribution in [0.3, 0.4) is 0 Å². The molecule has 2 aliphatic heterocycles. The number of nitrogens with one attached hydrogen (secondary N) is 2. The van der Waals surface area contributed by atoms with Gasteiger partial charge in [0.2, 0.25) is 6.61 Å². The van der Waals surface area contributed by atoms with Crippen molar-refractivity contribution in [2.45, 2.75) is 17.6 Å². The lowest BCUT2D eigenvalue weighted by molar-refractivity contribution is -0.167. The molecule has 3 heterocycles. The number of aromatic nitrogens is 1. The van der Waals surface area contributed by atoms with E-state index < -0.39 is 74.7 Å². The lowest BCUT2D eigenvalue weighted by Crippen LogP contribution is -2.71. The lowest BCUT2D eigenvalue weighted by atomic mass is 10.0. The number of carboxylic acids is 2. The maximum atomic E-state index is 13.0. The van der Waals surface area contributed by atoms with E-state index in [4.69, 9.17) is 16.7 Å². The van der Waals surface area contributed by atoms with Gasteiger partial charge in [0.05, 0.1) is 0 Å². The Morgan fingerprint density at radius 1 is 1.32 bits per heavy atom. The second-order valence-electron chi connectivity index (χ2n) is 7.25. The average Bonchev–Trinajstić information content (AvgIpc) is 3.18. The summed E-state index contributed by atoms with van der Waals surface area (Å²) in [6, 6.07) is -1.23. The molecule has 1 aromatic rings. The van der Waals surface area contributed by atoms with E-state index in [-0.39, 0.29) is 11.4 Å². The summed E-state index contributed by atoms with van der Waals surface area (Å²) < 4.78 is 37.3. The zero-order valence-corrected chi connectivity index (χ0v) is 21.9. The summed E-state index contributed by atoms with van der Waals surface area (Å²) in [6.45, 7) is -1.02. The van der Waals surface area contributed by atoms with Crippen molar-refractivity contribution in [2.75, 3.05) is 29.7 Å². The van der Waals surface area contributed by atoms with Crippen molar-refractivity contribution in [3.63, 3.8) is 0 Å². The molecule has 0 aliphatic carbocycles. The summed E-state index contributed by atoms with van der Waals surface area (Å²) in [4.78, 5) is 68.8. The molecule has 0 aromatic carbocycles. The molecule has 4 N–H and O–H groups in total. The number of hydrogen-bond acceptors (Lipinski definition) is 11. The largest absolute Gasteiger partial charge is 0.479 e. The summed E-state index contributed by atoms with van der Waals surface area (Å²) in [7, 11) is 0. The number of anilines is 1. The normalized spacial score (nSPS) is 19.4. The van der Waals surface area contributed by atoms with Gasteiger partial charge in [0.15, 0.2) is 10.8 Å². The molecule has 1 aromatic heterocycles. The van der Waals surface area contributed by atoms with Gasteiger partial charge in [-0.05, 0) is 11.8 Å². The van der Waals surface area contributed by atoms with Gasteiger partial charge in [0.1, 0.15) is 27.1 Å². The zero-order chi connectivity index (χ0) is 28.4. The van der Waals surface area contributed by atoms with E-state index in [1.807, 2.05) is 0 Å². The highest BCUT2D eigenvalue weighted by molar-refractivity contribution is 8.00. The number of halogens is 4. The molecule has 1 fully saturated rings. The topological polar surface area (TPSA) is 188 Å². The number of β-lactam (4-membered cyclic amide) rings is 1. The van der Waals surface area contributed by atoms with Crippen molar-refractivity contribution >= 4 is 87.0 Å². The SMILES string of the molecule is CSCC1=C(C(=O)O)N2C(=O)C(NC(=O)C(=NOCC(=O)O)c3nc(NC(=O)C(F)(F)F)sc3Cl)[C@H]2SC1. The Balaban J connectivity index is 1.85. The van der Waals surface area contributed by atoms with Crippen molar-refractivity contribution in [2.24, 2.45) is 5.16 Å². The molecule has 38 heavy (non-hydrogen) atoms. The number of carbonyl (C=O) groups is 5. The highest BCUT2D eigenvalue weighted by atomic mass is 35.5. The number of amides is 3. The van der Waals surface area contributed by atoms with Crippen LogP contribution in [0.25, 0.3) is 0 Å². The van der Waals surface area contributed by atoms with Gasteiger partial charge in [-0.3, -0.25) is 24.6 Å². The third kappa shape index (κ3) is 6.33. The molecule has 0 saturated carbocycles. The van der Waals surface area contributed by atoms with E-state index in [9.17, 15) is 42.3 Å². The zero-order valence-electron chi connectivity index (χ0n) is 18.7. The first-order chi connectivity index (χ1) is 17.8. The Morgan fingerprint density at radius 3 is 2.58 bits per heavy atom. The number of nitrogens with zero attached hydrogens (tertiary/aromatic N) is 3. The molecule has 2 aliphatic rings. The molecule has 3 rings (SSSR count). The molecular formula is C18H15ClF3N5O8S3. The highest BCUT2D eigenvalue weighted by Gasteiger charge is 2.54. The van der Waals surface area contributed by atoms with Gasteiger partial charge in [-0.25, -0.2) is 14.6 Å². The third-order valence-electron chi connectivity index (χ3n) is 4.70. The first-order valence-corrected chi connectivity index (χ1v) is 13.6. The van der Waals surface area contributed by atoms with Crippen molar-refractivity contribution in [3.05, 3.63) is 21.3 Å². The fraction of sp³-hybridized carbons (Fsp3) is 0.389. The van der Waals surface area contributed by atoms with Crippen LogP contribution in [0.5, 0.6) is 0 Å². The van der Waals surface area contributed by atoms with Gasteiger partial charge >= 0.3 is 24.0 Å². The van der Waals surface area contributed by atoms with Crippen LogP contribution in [0.1, 0.15) is 5.69 Å². The maximum absolute atomic E-state index is 13.0. The van der Waals surface area contributed by atoms with Crippen LogP contribution in [0.15, 0.2) is 16.4 Å². The Bertz CT molecular complexity index is 1250. The molecule has 13 nitrogen and oxygen atoms in total. The van der Waals surface area contributed by atoms with Crippen molar-refractivity contribution < 1.29 is 52.2 Å². The van der Waals surface area contributed by atoms with E-state index in [1.54, 1.807) is 6.26 Å². The molecule has 20 heteroatoms. The summed E-state index contributed by atoms with van der Waals surface area (Å²) >= 11 is 8.89. The number of alkyl halides is 3. The molecule has 1 saturated heterocycles. The fourth-order valence-electron chi connectivity index (χ4n) is 3.19. The predicted molar refractivity (Wildman–Crippen MR) is 130 cm³/mol. The van der Waals surface area contributed by atoms with E-state index in [0.29, 0.717) is 22.7 Å². The summed E-state index contributed by atoms with van der Waals surface area (Å²) in [6.07, 6.45) is -3.48. The van der Waals surface area contributed by atoms with E-state index in [2.05, 4.69) is 20.3 Å². The second kappa shape index (κ2) is 11.8. The van der Waals surface area contributed by atoms with Gasteiger partial charge in [-0.15, -0.1) is 11.8 Å². The minimum absolute atomic E-state index is 0.190. The molecule has 206 valence electrons. The minimum Gasteiger partial charge on any atom is -0.479 e. The van der Waals surface area contributed by atoms with Crippen LogP contribution in [0.2, 0.25) is 4.34 Å². The van der Waals surface area contributed by atoms with Crippen LogP contribution < -0.4 is 10.6 Å². The quantitative estimate of drug-likeness (QED) is 0.168. The van der Waals surface area contributed by atoms with Gasteiger partial charge in [-0.1, -0.05) is 28.1 Å². The third-order valence-corrected chi connectivity index (χ3v) is 7.85. The molecule has 2 atom stereocenters. The van der Waals surface area contributed by atoms with Crippen molar-refractivity contribution in [1.29, 1.82) is 0 Å². The molecule has 0 bridgehead atoms. The number of aliphatic carboxylic acids is 2. The number of rotatable bonds is 10. The fourth-order valence-corrected chi connectivity index (χ4v) is 6.29. The van der Waals surface area contributed by atoms with Gasteiger partial charge in [-0.2, -0.15) is 24.9 Å². The minimum atomic E-state index is -5.25. The van der Waals surface area contributed by atoms with Gasteiger partial charge in [0.25, 0.3) is 11.8 Å². The number of oxime groups is 1. The van der Waals surface area contributed by atoms with Crippen LogP contribution in [0.4, 0.5) is 18.3 Å². The highest BCUT2D eigenvalue weighted by Crippen LogP contribution is 2.41. The van der Waals surface area contributed by atoms with Crippen LogP contribution in [-0.2, 0) is 28.8 Å². The lowest BCUT2D eigenvalue weighted by Gasteiger charge is -2.49. The van der Waals surface area contributed by atoms with E-state index in [0.717, 1.165) is 4.90 Å². The molecule has 1 unspecified atom stereocenters. The molecule has 3 amide bonds. The first kappa shape index (κ1) is 29.5. The van der Waals surface area contributed by atoms with Crippen LogP contribution in [-0.4, -0.2) is 97.4 Å². The monoisotopic (exact) mass is 617 g/mol. The smallest absolute Gasteiger partial charge is 0.471 e. The standard InChI is InChI=1S/C18H15ClF3N5O8S3/c1-36-3-5-4-37-14-9(13(31)27(14)10(5)15(32)33)23-12(30)8(26-35-2-6(28)29)7-11(19)38-17(24-7)25-16(34)18(20,21)22/h9,14H,2-4H2,1H3,(H,23,30)(H,28,29)(H,32,33)(H,24,25,34)/t9?,14-/m1/s1. The van der Waals surface area contributed by atoms with E-state index in [1.165, 1.54) is 28.8 Å². The average molecular weight is 618 g/mol. The number of carbonyl (C=O) groups excluding carboxylic acids is 3. The number of fused-ring (bicyclic) bond motifs is 1. The van der Waals surface area contributed by atoms with E-state index >= 15 is 0 Å². The summed E-state index contributed by atoms with van der Waals surface area (Å²) in [5, 5.41) is 24.1. The summed E-state index contributed by atoms with van der Waals surface area (Å²) in [5.41, 5.74) is -1.03. The Labute approximate surface area is 227 Å².